The molecular formula is C27H28F2N2O5. The largest absolute Gasteiger partial charge is 0.495 e. The molecule has 0 aliphatic carbocycles. The number of benzene rings is 2. The number of pyridine rings is 1. The summed E-state index contributed by atoms with van der Waals surface area (Å²) in [5.74, 6) is -1.17. The fourth-order valence-electron chi connectivity index (χ4n) is 4.44. The first kappa shape index (κ1) is 25.7. The number of nitrogens with zero attached hydrogens (tertiary/aromatic N) is 1. The monoisotopic (exact) mass is 498 g/mol. The second-order valence-electron chi connectivity index (χ2n) is 8.71. The molecule has 0 saturated carbocycles. The Hall–Kier alpha value is -3.40. The molecule has 2 aromatic carbocycles. The van der Waals surface area contributed by atoms with E-state index in [0.717, 1.165) is 35.2 Å². The molecule has 0 spiro atoms. The lowest BCUT2D eigenvalue weighted by molar-refractivity contribution is -0.126. The van der Waals surface area contributed by atoms with Crippen LogP contribution in [-0.2, 0) is 9.53 Å². The number of amides is 1. The van der Waals surface area contributed by atoms with Crippen LogP contribution in [0.3, 0.4) is 0 Å². The molecule has 0 bridgehead atoms. The molecule has 9 heteroatoms. The number of aromatic nitrogens is 1. The summed E-state index contributed by atoms with van der Waals surface area (Å²) in [5.41, 5.74) is 1.39. The molecule has 3 aromatic rings. The number of aliphatic hydroxyl groups is 2. The summed E-state index contributed by atoms with van der Waals surface area (Å²) in [6.45, 7) is -0.324. The predicted octanol–water partition coefficient (Wildman–Crippen LogP) is 3.68. The van der Waals surface area contributed by atoms with E-state index in [1.165, 1.54) is 6.08 Å². The van der Waals surface area contributed by atoms with Crippen molar-refractivity contribution in [2.75, 3.05) is 13.7 Å². The van der Waals surface area contributed by atoms with Crippen molar-refractivity contribution in [3.63, 3.8) is 0 Å². The van der Waals surface area contributed by atoms with E-state index < -0.39 is 35.8 Å². The normalized spacial score (nSPS) is 21.0. The van der Waals surface area contributed by atoms with Gasteiger partial charge in [0.1, 0.15) is 23.5 Å². The van der Waals surface area contributed by atoms with Crippen molar-refractivity contribution >= 4 is 22.9 Å². The standard InChI is InChI=1S/C27H28F2N2O5/c1-35-19-12-21-20(3-2-4-23(21)30-14-19)25(33)13-18-7-9-24(26(15-32)36-18)31-27(34)10-5-16-11-17(28)6-8-22(16)29/h2-6,8,10-12,14,18,24-26,32-33H,7,9,13,15H2,1H3,(H,31,34)/t18?,24-,25+,26-/m1/s1. The van der Waals surface area contributed by atoms with E-state index in [1.807, 2.05) is 24.3 Å². The number of hydrogen-bond acceptors (Lipinski definition) is 6. The first-order chi connectivity index (χ1) is 17.4. The van der Waals surface area contributed by atoms with Gasteiger partial charge in [0.25, 0.3) is 0 Å². The zero-order valence-electron chi connectivity index (χ0n) is 19.7. The van der Waals surface area contributed by atoms with Crippen LogP contribution in [0, 0.1) is 11.6 Å². The molecule has 1 fully saturated rings. The summed E-state index contributed by atoms with van der Waals surface area (Å²) >= 11 is 0. The summed E-state index contributed by atoms with van der Waals surface area (Å²) in [5, 5.41) is 24.4. The van der Waals surface area contributed by atoms with Crippen LogP contribution in [0.25, 0.3) is 17.0 Å². The molecule has 1 aliphatic heterocycles. The van der Waals surface area contributed by atoms with Gasteiger partial charge in [-0.15, -0.1) is 0 Å². The number of hydrogen-bond donors (Lipinski definition) is 3. The van der Waals surface area contributed by atoms with Gasteiger partial charge in [0, 0.05) is 23.4 Å². The lowest BCUT2D eigenvalue weighted by Crippen LogP contribution is -2.50. The summed E-state index contributed by atoms with van der Waals surface area (Å²) in [6, 6.07) is 9.86. The molecule has 3 N–H and O–H groups in total. The number of fused-ring (bicyclic) bond motifs is 1. The Morgan fingerprint density at radius 1 is 1.28 bits per heavy atom. The second-order valence-corrected chi connectivity index (χ2v) is 8.71. The molecule has 7 nitrogen and oxygen atoms in total. The van der Waals surface area contributed by atoms with Gasteiger partial charge < -0.3 is 25.0 Å². The average molecular weight is 499 g/mol. The summed E-state index contributed by atoms with van der Waals surface area (Å²) in [7, 11) is 1.55. The molecule has 1 aliphatic rings. The molecular weight excluding hydrogens is 470 g/mol. The summed E-state index contributed by atoms with van der Waals surface area (Å²) in [6.07, 6.45) is 3.45. The van der Waals surface area contributed by atoms with Crippen LogP contribution in [0.5, 0.6) is 5.75 Å². The van der Waals surface area contributed by atoms with Crippen molar-refractivity contribution < 1.29 is 33.3 Å². The maximum absolute atomic E-state index is 13.8. The van der Waals surface area contributed by atoms with E-state index >= 15 is 0 Å². The van der Waals surface area contributed by atoms with E-state index in [1.54, 1.807) is 13.3 Å². The molecule has 1 aromatic heterocycles. The molecule has 1 unspecified atom stereocenters. The van der Waals surface area contributed by atoms with Crippen LogP contribution in [0.15, 0.2) is 54.7 Å². The van der Waals surface area contributed by atoms with Crippen LogP contribution < -0.4 is 10.1 Å². The van der Waals surface area contributed by atoms with Crippen LogP contribution in [0.1, 0.15) is 36.5 Å². The molecule has 4 rings (SSSR count). The van der Waals surface area contributed by atoms with Crippen molar-refractivity contribution in [2.24, 2.45) is 0 Å². The Labute approximate surface area is 207 Å². The highest BCUT2D eigenvalue weighted by molar-refractivity contribution is 5.92. The lowest BCUT2D eigenvalue weighted by atomic mass is 9.92. The van der Waals surface area contributed by atoms with E-state index in [9.17, 15) is 23.8 Å². The molecule has 36 heavy (non-hydrogen) atoms. The smallest absolute Gasteiger partial charge is 0.244 e. The van der Waals surface area contributed by atoms with Crippen molar-refractivity contribution in [1.82, 2.24) is 10.3 Å². The van der Waals surface area contributed by atoms with Crippen LogP contribution in [-0.4, -0.2) is 53.1 Å². The van der Waals surface area contributed by atoms with Crippen molar-refractivity contribution in [1.29, 1.82) is 0 Å². The number of carbonyl (C=O) groups excluding carboxylic acids is 1. The number of carbonyl (C=O) groups is 1. The first-order valence-corrected chi connectivity index (χ1v) is 11.7. The Balaban J connectivity index is 1.37. The average Bonchev–Trinajstić information content (AvgIpc) is 2.89. The third kappa shape index (κ3) is 6.04. The van der Waals surface area contributed by atoms with E-state index in [0.29, 0.717) is 30.6 Å². The van der Waals surface area contributed by atoms with Gasteiger partial charge >= 0.3 is 0 Å². The zero-order chi connectivity index (χ0) is 25.7. The molecule has 1 amide bonds. The van der Waals surface area contributed by atoms with Crippen LogP contribution >= 0.6 is 0 Å². The highest BCUT2D eigenvalue weighted by Crippen LogP contribution is 2.32. The third-order valence-electron chi connectivity index (χ3n) is 6.31. The van der Waals surface area contributed by atoms with Crippen molar-refractivity contribution in [2.45, 2.75) is 43.6 Å². The molecule has 190 valence electrons. The summed E-state index contributed by atoms with van der Waals surface area (Å²) < 4.78 is 38.3. The minimum atomic E-state index is -0.831. The Bertz CT molecular complexity index is 1250. The van der Waals surface area contributed by atoms with E-state index in [2.05, 4.69) is 10.3 Å². The highest BCUT2D eigenvalue weighted by atomic mass is 19.1. The van der Waals surface area contributed by atoms with E-state index in [4.69, 9.17) is 9.47 Å². The van der Waals surface area contributed by atoms with E-state index in [-0.39, 0.29) is 18.3 Å². The molecule has 2 heterocycles. The second kappa shape index (κ2) is 11.6. The zero-order valence-corrected chi connectivity index (χ0v) is 19.7. The van der Waals surface area contributed by atoms with Crippen molar-refractivity contribution in [3.05, 3.63) is 77.5 Å². The molecule has 0 radical (unpaired) electrons. The van der Waals surface area contributed by atoms with Crippen molar-refractivity contribution in [3.8, 4) is 5.75 Å². The maximum Gasteiger partial charge on any atom is 0.244 e. The Kier molecular flexibility index (Phi) is 8.25. The number of nitrogens with one attached hydrogen (secondary N) is 1. The maximum atomic E-state index is 13.8. The van der Waals surface area contributed by atoms with Gasteiger partial charge in [-0.1, -0.05) is 12.1 Å². The van der Waals surface area contributed by atoms with Gasteiger partial charge in [-0.05, 0) is 54.8 Å². The minimum absolute atomic E-state index is 0.0425. The number of aliphatic hydroxyl groups excluding tert-OH is 2. The molecule has 1 saturated heterocycles. The highest BCUT2D eigenvalue weighted by Gasteiger charge is 2.33. The van der Waals surface area contributed by atoms with Gasteiger partial charge in [0.15, 0.2) is 0 Å². The topological polar surface area (TPSA) is 101 Å². The van der Waals surface area contributed by atoms with Gasteiger partial charge in [0.2, 0.25) is 5.91 Å². The quantitative estimate of drug-likeness (QED) is 0.410. The van der Waals surface area contributed by atoms with Gasteiger partial charge in [-0.3, -0.25) is 9.78 Å². The van der Waals surface area contributed by atoms with Crippen LogP contribution in [0.2, 0.25) is 0 Å². The van der Waals surface area contributed by atoms with Gasteiger partial charge in [-0.25, -0.2) is 8.78 Å². The van der Waals surface area contributed by atoms with Gasteiger partial charge in [0.05, 0.1) is 43.7 Å². The number of halogens is 2. The Morgan fingerprint density at radius 2 is 2.11 bits per heavy atom. The predicted molar refractivity (Wildman–Crippen MR) is 130 cm³/mol. The third-order valence-corrected chi connectivity index (χ3v) is 6.31. The lowest BCUT2D eigenvalue weighted by Gasteiger charge is -2.36. The number of rotatable bonds is 8. The fourth-order valence-corrected chi connectivity index (χ4v) is 4.44. The number of methoxy groups -OCH3 is 1. The van der Waals surface area contributed by atoms with Crippen LogP contribution in [0.4, 0.5) is 8.78 Å². The first-order valence-electron chi connectivity index (χ1n) is 11.7. The molecule has 4 atom stereocenters. The SMILES string of the molecule is COc1cnc2cccc([C@@H](O)CC3CC[C@@H](NC(=O)C=Cc4cc(F)ccc4F)[C@@H](CO)O3)c2c1. The Morgan fingerprint density at radius 3 is 2.89 bits per heavy atom. The fraction of sp³-hybridized carbons (Fsp3) is 0.333. The van der Waals surface area contributed by atoms with Gasteiger partial charge in [-0.2, -0.15) is 0 Å². The minimum Gasteiger partial charge on any atom is -0.495 e. The summed E-state index contributed by atoms with van der Waals surface area (Å²) in [4.78, 5) is 16.7. The number of ether oxygens (including phenoxy) is 2.